The van der Waals surface area contributed by atoms with E-state index in [0.29, 0.717) is 11.3 Å². The summed E-state index contributed by atoms with van der Waals surface area (Å²) in [7, 11) is 0. The Morgan fingerprint density at radius 2 is 2.13 bits per heavy atom. The number of benzene rings is 1. The molecule has 0 aliphatic rings. The number of aromatic nitrogens is 1. The molecular weight excluding hydrogens is 260 g/mol. The number of phenols is 1. The molecule has 0 bridgehead atoms. The van der Waals surface area contributed by atoms with Gasteiger partial charge in [0, 0.05) is 16.1 Å². The molecule has 2 rings (SSSR count). The highest BCUT2D eigenvalue weighted by atomic mass is 79.9. The smallest absolute Gasteiger partial charge is 0.222 e. The second-order valence-electron chi connectivity index (χ2n) is 3.23. The van der Waals surface area contributed by atoms with E-state index in [0.717, 1.165) is 10.0 Å². The van der Waals surface area contributed by atoms with Crippen LogP contribution in [0.5, 0.6) is 5.75 Å². The summed E-state index contributed by atoms with van der Waals surface area (Å²) in [6.45, 7) is 1.89. The van der Waals surface area contributed by atoms with Crippen LogP contribution in [-0.2, 0) is 0 Å². The van der Waals surface area contributed by atoms with Crippen LogP contribution in [0, 0.1) is 6.92 Å². The minimum atomic E-state index is 0.156. The van der Waals surface area contributed by atoms with Gasteiger partial charge in [-0.3, -0.25) is 0 Å². The van der Waals surface area contributed by atoms with Crippen LogP contribution < -0.4 is 5.73 Å². The quantitative estimate of drug-likeness (QED) is 0.834. The maximum atomic E-state index is 9.74. The standard InChI is InChI=1S/C10H9BrN2O2/c1-5-2-9(14)6(3-7(5)11)8-4-10(12)15-13-8/h2-4,14H,12H2,1H3. The first kappa shape index (κ1) is 10.0. The van der Waals surface area contributed by atoms with E-state index < -0.39 is 0 Å². The molecule has 2 aromatic rings. The Balaban J connectivity index is 2.58. The topological polar surface area (TPSA) is 72.3 Å². The fourth-order valence-corrected chi connectivity index (χ4v) is 1.63. The van der Waals surface area contributed by atoms with E-state index in [1.165, 1.54) is 0 Å². The molecule has 0 aliphatic heterocycles. The third kappa shape index (κ3) is 1.83. The van der Waals surface area contributed by atoms with Crippen molar-refractivity contribution in [2.45, 2.75) is 6.92 Å². The molecule has 5 heteroatoms. The zero-order chi connectivity index (χ0) is 11.0. The molecule has 0 saturated carbocycles. The van der Waals surface area contributed by atoms with Crippen LogP contribution in [0.1, 0.15) is 5.56 Å². The van der Waals surface area contributed by atoms with Gasteiger partial charge in [-0.05, 0) is 24.6 Å². The Morgan fingerprint density at radius 3 is 2.73 bits per heavy atom. The van der Waals surface area contributed by atoms with Crippen molar-refractivity contribution >= 4 is 21.8 Å². The highest BCUT2D eigenvalue weighted by Gasteiger charge is 2.11. The van der Waals surface area contributed by atoms with E-state index in [9.17, 15) is 5.11 Å². The molecule has 0 fully saturated rings. The number of phenolic OH excluding ortho intramolecular Hbond substituents is 1. The van der Waals surface area contributed by atoms with Gasteiger partial charge in [0.2, 0.25) is 5.88 Å². The van der Waals surface area contributed by atoms with E-state index in [1.54, 1.807) is 18.2 Å². The maximum absolute atomic E-state index is 9.74. The third-order valence-electron chi connectivity index (χ3n) is 2.08. The molecule has 0 radical (unpaired) electrons. The first-order chi connectivity index (χ1) is 7.08. The summed E-state index contributed by atoms with van der Waals surface area (Å²) in [5.74, 6) is 0.380. The van der Waals surface area contributed by atoms with E-state index in [1.807, 2.05) is 6.92 Å². The SMILES string of the molecule is Cc1cc(O)c(-c2cc(N)on2)cc1Br. The lowest BCUT2D eigenvalue weighted by atomic mass is 10.1. The molecule has 15 heavy (non-hydrogen) atoms. The number of halogens is 1. The van der Waals surface area contributed by atoms with Crippen LogP contribution in [0.3, 0.4) is 0 Å². The summed E-state index contributed by atoms with van der Waals surface area (Å²) >= 11 is 3.38. The average Bonchev–Trinajstić information content (AvgIpc) is 2.58. The normalized spacial score (nSPS) is 10.5. The van der Waals surface area contributed by atoms with Crippen molar-refractivity contribution in [3.63, 3.8) is 0 Å². The molecular formula is C10H9BrN2O2. The average molecular weight is 269 g/mol. The minimum Gasteiger partial charge on any atom is -0.507 e. The summed E-state index contributed by atoms with van der Waals surface area (Å²) < 4.78 is 5.65. The molecule has 0 saturated heterocycles. The zero-order valence-electron chi connectivity index (χ0n) is 7.99. The second kappa shape index (κ2) is 3.58. The van der Waals surface area contributed by atoms with Gasteiger partial charge in [-0.1, -0.05) is 21.1 Å². The molecule has 1 aromatic carbocycles. The van der Waals surface area contributed by atoms with E-state index >= 15 is 0 Å². The predicted molar refractivity (Wildman–Crippen MR) is 60.5 cm³/mol. The van der Waals surface area contributed by atoms with E-state index in [4.69, 9.17) is 10.3 Å². The number of nitrogens with two attached hydrogens (primary N) is 1. The van der Waals surface area contributed by atoms with Crippen molar-refractivity contribution in [2.75, 3.05) is 5.73 Å². The number of nitrogens with zero attached hydrogens (tertiary/aromatic N) is 1. The Hall–Kier alpha value is -1.49. The maximum Gasteiger partial charge on any atom is 0.222 e. The largest absolute Gasteiger partial charge is 0.507 e. The number of aryl methyl sites for hydroxylation is 1. The summed E-state index contributed by atoms with van der Waals surface area (Å²) in [5.41, 5.74) is 7.47. The number of hydrogen-bond acceptors (Lipinski definition) is 4. The predicted octanol–water partition coefficient (Wildman–Crippen LogP) is 2.70. The Labute approximate surface area is 94.8 Å². The summed E-state index contributed by atoms with van der Waals surface area (Å²) in [5, 5.41) is 13.5. The van der Waals surface area contributed by atoms with Gasteiger partial charge in [-0.15, -0.1) is 0 Å². The molecule has 0 aliphatic carbocycles. The summed E-state index contributed by atoms with van der Waals surface area (Å²) in [6, 6.07) is 5.00. The highest BCUT2D eigenvalue weighted by molar-refractivity contribution is 9.10. The van der Waals surface area contributed by atoms with Crippen LogP contribution in [-0.4, -0.2) is 10.3 Å². The third-order valence-corrected chi connectivity index (χ3v) is 2.94. The number of hydrogen-bond donors (Lipinski definition) is 2. The molecule has 3 N–H and O–H groups in total. The van der Waals surface area contributed by atoms with Crippen LogP contribution in [0.15, 0.2) is 27.2 Å². The van der Waals surface area contributed by atoms with Crippen LogP contribution >= 0.6 is 15.9 Å². The molecule has 0 spiro atoms. The Kier molecular flexibility index (Phi) is 2.40. The number of nitrogen functional groups attached to an aromatic ring is 1. The minimum absolute atomic E-state index is 0.156. The van der Waals surface area contributed by atoms with Crippen molar-refractivity contribution in [3.8, 4) is 17.0 Å². The lowest BCUT2D eigenvalue weighted by molar-refractivity contribution is 0.437. The van der Waals surface area contributed by atoms with E-state index in [2.05, 4.69) is 21.1 Å². The fraction of sp³-hybridized carbons (Fsp3) is 0.100. The van der Waals surface area contributed by atoms with E-state index in [-0.39, 0.29) is 11.6 Å². The van der Waals surface area contributed by atoms with Crippen LogP contribution in [0.25, 0.3) is 11.3 Å². The molecule has 0 atom stereocenters. The molecule has 0 amide bonds. The molecule has 4 nitrogen and oxygen atoms in total. The Morgan fingerprint density at radius 1 is 1.40 bits per heavy atom. The first-order valence-electron chi connectivity index (χ1n) is 4.29. The number of rotatable bonds is 1. The van der Waals surface area contributed by atoms with Gasteiger partial charge in [0.1, 0.15) is 11.4 Å². The van der Waals surface area contributed by atoms with Gasteiger partial charge in [-0.25, -0.2) is 0 Å². The first-order valence-corrected chi connectivity index (χ1v) is 5.09. The van der Waals surface area contributed by atoms with Gasteiger partial charge in [0.25, 0.3) is 0 Å². The highest BCUT2D eigenvalue weighted by Crippen LogP contribution is 2.33. The van der Waals surface area contributed by atoms with Crippen molar-refractivity contribution in [3.05, 3.63) is 28.2 Å². The molecule has 0 unspecified atom stereocenters. The summed E-state index contributed by atoms with van der Waals surface area (Å²) in [4.78, 5) is 0. The second-order valence-corrected chi connectivity index (χ2v) is 4.09. The monoisotopic (exact) mass is 268 g/mol. The van der Waals surface area contributed by atoms with Crippen molar-refractivity contribution in [1.82, 2.24) is 5.16 Å². The zero-order valence-corrected chi connectivity index (χ0v) is 9.58. The lowest BCUT2D eigenvalue weighted by Crippen LogP contribution is -1.82. The number of aromatic hydroxyl groups is 1. The van der Waals surface area contributed by atoms with Crippen LogP contribution in [0.2, 0.25) is 0 Å². The van der Waals surface area contributed by atoms with Gasteiger partial charge in [-0.2, -0.15) is 0 Å². The summed E-state index contributed by atoms with van der Waals surface area (Å²) in [6.07, 6.45) is 0. The van der Waals surface area contributed by atoms with Crippen LogP contribution in [0.4, 0.5) is 5.88 Å². The van der Waals surface area contributed by atoms with Gasteiger partial charge < -0.3 is 15.4 Å². The fourth-order valence-electron chi connectivity index (χ4n) is 1.29. The van der Waals surface area contributed by atoms with Gasteiger partial charge >= 0.3 is 0 Å². The molecule has 78 valence electrons. The van der Waals surface area contributed by atoms with Gasteiger partial charge in [0.05, 0.1) is 0 Å². The van der Waals surface area contributed by atoms with Gasteiger partial charge in [0.15, 0.2) is 0 Å². The van der Waals surface area contributed by atoms with Crippen molar-refractivity contribution in [2.24, 2.45) is 0 Å². The van der Waals surface area contributed by atoms with Crippen molar-refractivity contribution < 1.29 is 9.63 Å². The molecule has 1 aromatic heterocycles. The Bertz CT molecular complexity index is 508. The molecule has 1 heterocycles. The number of anilines is 1. The van der Waals surface area contributed by atoms with Crippen molar-refractivity contribution in [1.29, 1.82) is 0 Å². The lowest BCUT2D eigenvalue weighted by Gasteiger charge is -2.04.